The second-order valence-corrected chi connectivity index (χ2v) is 4.63. The van der Waals surface area contributed by atoms with Gasteiger partial charge in [0.1, 0.15) is 5.00 Å². The summed E-state index contributed by atoms with van der Waals surface area (Å²) in [5.41, 5.74) is 1.06. The Bertz CT molecular complexity index is 455. The van der Waals surface area contributed by atoms with Crippen molar-refractivity contribution in [3.63, 3.8) is 0 Å². The van der Waals surface area contributed by atoms with Crippen molar-refractivity contribution in [3.8, 4) is 0 Å². The van der Waals surface area contributed by atoms with E-state index < -0.39 is 0 Å². The molecule has 16 heavy (non-hydrogen) atoms. The zero-order chi connectivity index (χ0) is 11.4. The van der Waals surface area contributed by atoms with Gasteiger partial charge in [-0.15, -0.1) is 0 Å². The molecule has 86 valence electrons. The SMILES string of the molecule is COCCC(C)Nc1snc2ccccc12. The average molecular weight is 236 g/mol. The van der Waals surface area contributed by atoms with Gasteiger partial charge in [0.25, 0.3) is 0 Å². The number of hydrogen-bond donors (Lipinski definition) is 1. The fourth-order valence-electron chi connectivity index (χ4n) is 1.58. The maximum Gasteiger partial charge on any atom is 0.117 e. The first-order chi connectivity index (χ1) is 7.81. The average Bonchev–Trinajstić information content (AvgIpc) is 2.70. The van der Waals surface area contributed by atoms with Gasteiger partial charge in [-0.1, -0.05) is 12.1 Å². The van der Waals surface area contributed by atoms with Gasteiger partial charge < -0.3 is 10.1 Å². The van der Waals surface area contributed by atoms with Crippen molar-refractivity contribution in [3.05, 3.63) is 24.3 Å². The molecule has 0 saturated carbocycles. The van der Waals surface area contributed by atoms with E-state index in [0.717, 1.165) is 23.5 Å². The van der Waals surface area contributed by atoms with Crippen molar-refractivity contribution in [2.45, 2.75) is 19.4 Å². The van der Waals surface area contributed by atoms with Crippen LogP contribution in [0.25, 0.3) is 10.9 Å². The highest BCUT2D eigenvalue weighted by Crippen LogP contribution is 2.27. The molecule has 0 aliphatic heterocycles. The Hall–Kier alpha value is -1.13. The molecule has 1 N–H and O–H groups in total. The zero-order valence-electron chi connectivity index (χ0n) is 9.56. The van der Waals surface area contributed by atoms with Crippen LogP contribution in [0.1, 0.15) is 13.3 Å². The molecule has 0 aliphatic rings. The van der Waals surface area contributed by atoms with Crippen LogP contribution >= 0.6 is 11.5 Å². The van der Waals surface area contributed by atoms with Crippen LogP contribution in [0.4, 0.5) is 5.00 Å². The fourth-order valence-corrected chi connectivity index (χ4v) is 2.46. The fraction of sp³-hybridized carbons (Fsp3) is 0.417. The molecule has 0 aliphatic carbocycles. The normalized spacial score (nSPS) is 12.9. The Morgan fingerprint density at radius 3 is 3.06 bits per heavy atom. The Morgan fingerprint density at radius 2 is 2.25 bits per heavy atom. The minimum absolute atomic E-state index is 0.406. The predicted octanol–water partition coefficient (Wildman–Crippen LogP) is 3.13. The molecular weight excluding hydrogens is 220 g/mol. The van der Waals surface area contributed by atoms with Gasteiger partial charge in [-0.3, -0.25) is 0 Å². The number of anilines is 1. The molecule has 1 atom stereocenters. The lowest BCUT2D eigenvalue weighted by Crippen LogP contribution is -2.16. The summed E-state index contributed by atoms with van der Waals surface area (Å²) < 4.78 is 9.47. The number of aromatic nitrogens is 1. The number of methoxy groups -OCH3 is 1. The molecule has 0 saturated heterocycles. The molecule has 0 amide bonds. The zero-order valence-corrected chi connectivity index (χ0v) is 10.4. The first-order valence-electron chi connectivity index (χ1n) is 5.41. The lowest BCUT2D eigenvalue weighted by atomic mass is 10.2. The Morgan fingerprint density at radius 1 is 1.44 bits per heavy atom. The van der Waals surface area contributed by atoms with Crippen LogP contribution in [0.5, 0.6) is 0 Å². The third-order valence-electron chi connectivity index (χ3n) is 2.52. The Balaban J connectivity index is 2.09. The monoisotopic (exact) mass is 236 g/mol. The van der Waals surface area contributed by atoms with Crippen LogP contribution in [0.15, 0.2) is 24.3 Å². The van der Waals surface area contributed by atoms with Gasteiger partial charge in [-0.05, 0) is 37.0 Å². The third kappa shape index (κ3) is 2.51. The van der Waals surface area contributed by atoms with Gasteiger partial charge in [0.2, 0.25) is 0 Å². The molecular formula is C12H16N2OS. The second kappa shape index (κ2) is 5.27. The number of fused-ring (bicyclic) bond motifs is 1. The second-order valence-electron chi connectivity index (χ2n) is 3.86. The number of nitrogens with one attached hydrogen (secondary N) is 1. The van der Waals surface area contributed by atoms with E-state index in [4.69, 9.17) is 4.74 Å². The quantitative estimate of drug-likeness (QED) is 0.866. The van der Waals surface area contributed by atoms with E-state index in [1.807, 2.05) is 18.2 Å². The summed E-state index contributed by atoms with van der Waals surface area (Å²) in [5.74, 6) is 0. The first-order valence-corrected chi connectivity index (χ1v) is 6.18. The van der Waals surface area contributed by atoms with E-state index in [1.54, 1.807) is 7.11 Å². The molecule has 1 aromatic carbocycles. The standard InChI is InChI=1S/C12H16N2OS/c1-9(7-8-15-2)13-12-10-5-3-4-6-11(10)14-16-12/h3-6,9,13H,7-8H2,1-2H3. The Kier molecular flexibility index (Phi) is 3.74. The number of ether oxygens (including phenoxy) is 1. The summed E-state index contributed by atoms with van der Waals surface area (Å²) in [4.78, 5) is 0. The number of nitrogens with zero attached hydrogens (tertiary/aromatic N) is 1. The summed E-state index contributed by atoms with van der Waals surface area (Å²) in [6.07, 6.45) is 1.00. The third-order valence-corrected chi connectivity index (χ3v) is 3.32. The molecule has 2 aromatic rings. The first kappa shape index (κ1) is 11.4. The highest BCUT2D eigenvalue weighted by atomic mass is 32.1. The molecule has 3 nitrogen and oxygen atoms in total. The number of hydrogen-bond acceptors (Lipinski definition) is 4. The van der Waals surface area contributed by atoms with Gasteiger partial charge >= 0.3 is 0 Å². The lowest BCUT2D eigenvalue weighted by Gasteiger charge is -2.12. The predicted molar refractivity (Wildman–Crippen MR) is 69.2 cm³/mol. The van der Waals surface area contributed by atoms with E-state index in [1.165, 1.54) is 16.9 Å². The van der Waals surface area contributed by atoms with Gasteiger partial charge in [0, 0.05) is 25.1 Å². The van der Waals surface area contributed by atoms with Crippen molar-refractivity contribution in [1.29, 1.82) is 0 Å². The summed E-state index contributed by atoms with van der Waals surface area (Å²) in [7, 11) is 1.73. The van der Waals surface area contributed by atoms with E-state index in [0.29, 0.717) is 6.04 Å². The minimum Gasteiger partial charge on any atom is -0.385 e. The van der Waals surface area contributed by atoms with Gasteiger partial charge in [0.05, 0.1) is 5.52 Å². The summed E-state index contributed by atoms with van der Waals surface area (Å²) in [6.45, 7) is 2.94. The molecule has 0 radical (unpaired) electrons. The Labute approximate surface area is 99.6 Å². The maximum absolute atomic E-state index is 5.07. The van der Waals surface area contributed by atoms with Crippen molar-refractivity contribution >= 4 is 27.4 Å². The number of rotatable bonds is 5. The molecule has 1 aromatic heterocycles. The van der Waals surface area contributed by atoms with E-state index in [2.05, 4.69) is 22.7 Å². The van der Waals surface area contributed by atoms with Crippen molar-refractivity contribution in [2.24, 2.45) is 0 Å². The molecule has 0 bridgehead atoms. The van der Waals surface area contributed by atoms with Gasteiger partial charge in [-0.25, -0.2) is 0 Å². The van der Waals surface area contributed by atoms with Crippen LogP contribution in [0.2, 0.25) is 0 Å². The van der Waals surface area contributed by atoms with Crippen molar-refractivity contribution in [2.75, 3.05) is 19.0 Å². The summed E-state index contributed by atoms with van der Waals surface area (Å²) in [5, 5.41) is 5.83. The minimum atomic E-state index is 0.406. The maximum atomic E-state index is 5.07. The largest absolute Gasteiger partial charge is 0.385 e. The van der Waals surface area contributed by atoms with Crippen LogP contribution in [-0.4, -0.2) is 24.1 Å². The number of benzene rings is 1. The molecule has 0 fully saturated rings. The molecule has 1 heterocycles. The van der Waals surface area contributed by atoms with Crippen molar-refractivity contribution < 1.29 is 4.74 Å². The molecule has 4 heteroatoms. The van der Waals surface area contributed by atoms with E-state index in [9.17, 15) is 0 Å². The smallest absolute Gasteiger partial charge is 0.117 e. The van der Waals surface area contributed by atoms with Crippen LogP contribution in [0.3, 0.4) is 0 Å². The summed E-state index contributed by atoms with van der Waals surface area (Å²) in [6, 6.07) is 8.60. The lowest BCUT2D eigenvalue weighted by molar-refractivity contribution is 0.191. The van der Waals surface area contributed by atoms with Crippen molar-refractivity contribution in [1.82, 2.24) is 4.37 Å². The highest BCUT2D eigenvalue weighted by molar-refractivity contribution is 7.11. The van der Waals surface area contributed by atoms with Gasteiger partial charge in [0.15, 0.2) is 0 Å². The van der Waals surface area contributed by atoms with E-state index in [-0.39, 0.29) is 0 Å². The molecule has 2 rings (SSSR count). The van der Waals surface area contributed by atoms with E-state index >= 15 is 0 Å². The molecule has 0 spiro atoms. The van der Waals surface area contributed by atoms with Crippen LogP contribution in [-0.2, 0) is 4.74 Å². The van der Waals surface area contributed by atoms with Crippen LogP contribution < -0.4 is 5.32 Å². The topological polar surface area (TPSA) is 34.1 Å². The molecule has 1 unspecified atom stereocenters. The van der Waals surface area contributed by atoms with Crippen LogP contribution in [0, 0.1) is 0 Å². The highest BCUT2D eigenvalue weighted by Gasteiger charge is 2.07. The van der Waals surface area contributed by atoms with Gasteiger partial charge in [-0.2, -0.15) is 4.37 Å². The summed E-state index contributed by atoms with van der Waals surface area (Å²) >= 11 is 1.52.